The summed E-state index contributed by atoms with van der Waals surface area (Å²) >= 11 is 3.12. The van der Waals surface area contributed by atoms with Gasteiger partial charge in [-0.2, -0.15) is 0 Å². The first-order valence-corrected chi connectivity index (χ1v) is 7.18. The van der Waals surface area contributed by atoms with Crippen molar-refractivity contribution in [2.75, 3.05) is 4.90 Å². The average molecular weight is 348 g/mol. The van der Waals surface area contributed by atoms with Crippen molar-refractivity contribution < 1.29 is 14.0 Å². The van der Waals surface area contributed by atoms with Crippen LogP contribution in [0.25, 0.3) is 0 Å². The fourth-order valence-corrected chi connectivity index (χ4v) is 2.94. The Labute approximate surface area is 129 Å². The second-order valence-corrected chi connectivity index (χ2v) is 5.79. The van der Waals surface area contributed by atoms with E-state index < -0.39 is 11.7 Å². The molecular formula is C16H11BrFNO2. The number of hydrogen-bond acceptors (Lipinski definition) is 2. The van der Waals surface area contributed by atoms with Crippen LogP contribution in [0.1, 0.15) is 21.5 Å². The van der Waals surface area contributed by atoms with Gasteiger partial charge >= 0.3 is 0 Å². The van der Waals surface area contributed by atoms with E-state index in [0.717, 1.165) is 11.1 Å². The maximum atomic E-state index is 13.3. The summed E-state index contributed by atoms with van der Waals surface area (Å²) in [7, 11) is 0. The molecule has 2 aromatic carbocycles. The molecule has 0 spiro atoms. The van der Waals surface area contributed by atoms with Crippen LogP contribution in [0.2, 0.25) is 0 Å². The molecule has 0 saturated heterocycles. The van der Waals surface area contributed by atoms with Crippen LogP contribution in [-0.2, 0) is 11.3 Å². The lowest BCUT2D eigenvalue weighted by atomic mass is 10.1. The number of hydrogen-bond donors (Lipinski definition) is 0. The van der Waals surface area contributed by atoms with Gasteiger partial charge in [-0.3, -0.25) is 9.59 Å². The van der Waals surface area contributed by atoms with E-state index in [-0.39, 0.29) is 12.4 Å². The SMILES string of the molecule is Cc1cccc2c1N(Cc1ccc(F)c(Br)c1)C(=O)C2=O. The first kappa shape index (κ1) is 13.9. The number of ketones is 1. The Morgan fingerprint density at radius 3 is 2.67 bits per heavy atom. The zero-order valence-corrected chi connectivity index (χ0v) is 12.8. The molecule has 3 nitrogen and oxygen atoms in total. The van der Waals surface area contributed by atoms with Crippen molar-refractivity contribution in [3.05, 3.63) is 63.4 Å². The molecule has 1 amide bonds. The van der Waals surface area contributed by atoms with Gasteiger partial charge in [0.05, 0.1) is 22.3 Å². The Balaban J connectivity index is 2.02. The molecule has 0 saturated carbocycles. The number of fused-ring (bicyclic) bond motifs is 1. The fraction of sp³-hybridized carbons (Fsp3) is 0.125. The minimum Gasteiger partial charge on any atom is -0.300 e. The summed E-state index contributed by atoms with van der Waals surface area (Å²) in [5, 5.41) is 0. The standard InChI is InChI=1S/C16H11BrFNO2/c1-9-3-2-4-11-14(9)19(16(21)15(11)20)8-10-5-6-13(18)12(17)7-10/h2-7H,8H2,1H3. The Morgan fingerprint density at radius 2 is 1.95 bits per heavy atom. The third kappa shape index (κ3) is 2.27. The Hall–Kier alpha value is -2.01. The Kier molecular flexibility index (Phi) is 3.37. The molecule has 0 radical (unpaired) electrons. The third-order valence-electron chi connectivity index (χ3n) is 3.52. The minimum atomic E-state index is -0.542. The molecule has 1 heterocycles. The first-order valence-electron chi connectivity index (χ1n) is 6.39. The van der Waals surface area contributed by atoms with Crippen LogP contribution in [0.15, 0.2) is 40.9 Å². The molecular weight excluding hydrogens is 337 g/mol. The minimum absolute atomic E-state index is 0.237. The van der Waals surface area contributed by atoms with Crippen molar-refractivity contribution >= 4 is 33.3 Å². The molecule has 0 atom stereocenters. The van der Waals surface area contributed by atoms with Crippen molar-refractivity contribution in [2.45, 2.75) is 13.5 Å². The number of carbonyl (C=O) groups excluding carboxylic acids is 2. The predicted molar refractivity (Wildman–Crippen MR) is 80.8 cm³/mol. The van der Waals surface area contributed by atoms with Crippen LogP contribution >= 0.6 is 15.9 Å². The molecule has 0 unspecified atom stereocenters. The Bertz CT molecular complexity index is 773. The molecule has 0 bridgehead atoms. The van der Waals surface area contributed by atoms with E-state index in [1.54, 1.807) is 24.3 Å². The number of Topliss-reactive ketones (excluding diaryl/α,β-unsaturated/α-hetero) is 1. The molecule has 0 aliphatic carbocycles. The summed E-state index contributed by atoms with van der Waals surface area (Å²) < 4.78 is 13.6. The van der Waals surface area contributed by atoms with Crippen molar-refractivity contribution in [1.82, 2.24) is 0 Å². The van der Waals surface area contributed by atoms with E-state index in [2.05, 4.69) is 15.9 Å². The highest BCUT2D eigenvalue weighted by molar-refractivity contribution is 9.10. The highest BCUT2D eigenvalue weighted by Gasteiger charge is 2.36. The van der Waals surface area contributed by atoms with Gasteiger partial charge in [0.2, 0.25) is 0 Å². The molecule has 0 fully saturated rings. The molecule has 21 heavy (non-hydrogen) atoms. The smallest absolute Gasteiger partial charge is 0.299 e. The number of para-hydroxylation sites is 1. The van der Waals surface area contributed by atoms with Gasteiger partial charge in [0.15, 0.2) is 0 Å². The van der Waals surface area contributed by atoms with Gasteiger partial charge in [0.1, 0.15) is 5.82 Å². The van der Waals surface area contributed by atoms with Gasteiger partial charge < -0.3 is 4.90 Å². The highest BCUT2D eigenvalue weighted by atomic mass is 79.9. The lowest BCUT2D eigenvalue weighted by Crippen LogP contribution is -2.29. The van der Waals surface area contributed by atoms with E-state index in [0.29, 0.717) is 15.7 Å². The second kappa shape index (κ2) is 5.07. The van der Waals surface area contributed by atoms with Crippen LogP contribution in [-0.4, -0.2) is 11.7 Å². The summed E-state index contributed by atoms with van der Waals surface area (Å²) in [4.78, 5) is 25.6. The predicted octanol–water partition coefficient (Wildman–Crippen LogP) is 3.63. The summed E-state index contributed by atoms with van der Waals surface area (Å²) in [5.74, 6) is -1.39. The van der Waals surface area contributed by atoms with E-state index in [9.17, 15) is 14.0 Å². The number of amides is 1. The van der Waals surface area contributed by atoms with Crippen LogP contribution in [0.4, 0.5) is 10.1 Å². The summed E-state index contributed by atoms with van der Waals surface area (Å²) in [5.41, 5.74) is 2.70. The molecule has 0 aromatic heterocycles. The van der Waals surface area contributed by atoms with Gasteiger partial charge in [0, 0.05) is 0 Å². The van der Waals surface area contributed by atoms with E-state index in [1.807, 2.05) is 13.0 Å². The zero-order chi connectivity index (χ0) is 15.1. The number of nitrogens with zero attached hydrogens (tertiary/aromatic N) is 1. The topological polar surface area (TPSA) is 37.4 Å². The van der Waals surface area contributed by atoms with Crippen molar-refractivity contribution in [1.29, 1.82) is 0 Å². The van der Waals surface area contributed by atoms with Gasteiger partial charge in [-0.1, -0.05) is 18.2 Å². The molecule has 106 valence electrons. The van der Waals surface area contributed by atoms with Crippen LogP contribution in [0.5, 0.6) is 0 Å². The molecule has 0 N–H and O–H groups in total. The quantitative estimate of drug-likeness (QED) is 0.778. The van der Waals surface area contributed by atoms with Crippen LogP contribution < -0.4 is 4.90 Å². The van der Waals surface area contributed by atoms with E-state index in [1.165, 1.54) is 11.0 Å². The van der Waals surface area contributed by atoms with Crippen molar-refractivity contribution in [2.24, 2.45) is 0 Å². The normalized spacial score (nSPS) is 13.8. The fourth-order valence-electron chi connectivity index (χ4n) is 2.51. The number of carbonyl (C=O) groups is 2. The largest absolute Gasteiger partial charge is 0.300 e. The number of anilines is 1. The highest BCUT2D eigenvalue weighted by Crippen LogP contribution is 2.33. The van der Waals surface area contributed by atoms with Crippen molar-refractivity contribution in [3.8, 4) is 0 Å². The maximum Gasteiger partial charge on any atom is 0.299 e. The molecule has 2 aromatic rings. The number of rotatable bonds is 2. The monoisotopic (exact) mass is 347 g/mol. The summed E-state index contributed by atoms with van der Waals surface area (Å²) in [6.07, 6.45) is 0. The first-order chi connectivity index (χ1) is 9.99. The second-order valence-electron chi connectivity index (χ2n) is 4.94. The lowest BCUT2D eigenvalue weighted by Gasteiger charge is -2.18. The number of benzene rings is 2. The van der Waals surface area contributed by atoms with Gasteiger partial charge in [0.25, 0.3) is 11.7 Å². The number of halogens is 2. The van der Waals surface area contributed by atoms with E-state index >= 15 is 0 Å². The summed E-state index contributed by atoms with van der Waals surface area (Å²) in [6, 6.07) is 9.83. The molecule has 5 heteroatoms. The average Bonchev–Trinajstić information content (AvgIpc) is 2.69. The Morgan fingerprint density at radius 1 is 1.19 bits per heavy atom. The molecule has 3 rings (SSSR count). The van der Waals surface area contributed by atoms with Crippen LogP contribution in [0.3, 0.4) is 0 Å². The maximum absolute atomic E-state index is 13.3. The van der Waals surface area contributed by atoms with Gasteiger partial charge in [-0.25, -0.2) is 4.39 Å². The molecule has 1 aliphatic rings. The molecule has 1 aliphatic heterocycles. The zero-order valence-electron chi connectivity index (χ0n) is 11.2. The lowest BCUT2D eigenvalue weighted by molar-refractivity contribution is -0.114. The third-order valence-corrected chi connectivity index (χ3v) is 4.12. The van der Waals surface area contributed by atoms with Gasteiger partial charge in [-0.05, 0) is 52.2 Å². The van der Waals surface area contributed by atoms with Gasteiger partial charge in [-0.15, -0.1) is 0 Å². The van der Waals surface area contributed by atoms with E-state index in [4.69, 9.17) is 0 Å². The summed E-state index contributed by atoms with van der Waals surface area (Å²) in [6.45, 7) is 2.10. The van der Waals surface area contributed by atoms with Crippen LogP contribution in [0, 0.1) is 12.7 Å². The number of aryl methyl sites for hydroxylation is 1. The van der Waals surface area contributed by atoms with Crippen molar-refractivity contribution in [3.63, 3.8) is 0 Å².